The quantitative estimate of drug-likeness (QED) is 0.297. The fraction of sp³-hybridized carbons (Fsp3) is 0. The van der Waals surface area contributed by atoms with Gasteiger partial charge in [0.15, 0.2) is 5.58 Å². The van der Waals surface area contributed by atoms with Crippen LogP contribution in [0.1, 0.15) is 9.67 Å². The Morgan fingerprint density at radius 1 is 0.906 bits per heavy atom. The van der Waals surface area contributed by atoms with Gasteiger partial charge in [0.25, 0.3) is 5.91 Å². The molecular formula is C26H15ClN2O2S. The molecular weight excluding hydrogens is 440 g/mol. The van der Waals surface area contributed by atoms with Gasteiger partial charge in [0, 0.05) is 26.7 Å². The minimum absolute atomic E-state index is 0.239. The van der Waals surface area contributed by atoms with Gasteiger partial charge in [-0.05, 0) is 35.7 Å². The lowest BCUT2D eigenvalue weighted by Crippen LogP contribution is -2.10. The smallest absolute Gasteiger partial charge is 0.267 e. The molecule has 0 fully saturated rings. The number of carbonyl (C=O) groups excluding carboxylic acids is 1. The van der Waals surface area contributed by atoms with Crippen molar-refractivity contribution in [2.45, 2.75) is 0 Å². The van der Waals surface area contributed by atoms with Gasteiger partial charge in [-0.1, -0.05) is 66.2 Å². The molecule has 0 aliphatic carbocycles. The first-order valence-electron chi connectivity index (χ1n) is 10.0. The first-order valence-corrected chi connectivity index (χ1v) is 11.2. The van der Waals surface area contributed by atoms with Gasteiger partial charge in [-0.3, -0.25) is 4.79 Å². The molecule has 0 radical (unpaired) electrons. The Bertz CT molecular complexity index is 1650. The Morgan fingerprint density at radius 3 is 2.59 bits per heavy atom. The molecule has 0 spiro atoms. The van der Waals surface area contributed by atoms with Crippen molar-refractivity contribution in [3.05, 3.63) is 94.8 Å². The predicted molar refractivity (Wildman–Crippen MR) is 132 cm³/mol. The number of nitrogens with one attached hydrogen (secondary N) is 1. The molecule has 6 rings (SSSR count). The maximum absolute atomic E-state index is 12.9. The minimum atomic E-state index is -0.239. The SMILES string of the molecule is O=C(Nc1cccc(-c2nc3c(ccc4ccccc43)o2)c1)c1sc2ccccc2c1Cl. The molecule has 0 atom stereocenters. The van der Waals surface area contributed by atoms with Crippen LogP contribution in [0.2, 0.25) is 5.02 Å². The van der Waals surface area contributed by atoms with Crippen LogP contribution in [0.15, 0.2) is 89.3 Å². The second-order valence-corrected chi connectivity index (χ2v) is 8.86. The molecule has 1 amide bonds. The number of hydrogen-bond donors (Lipinski definition) is 1. The van der Waals surface area contributed by atoms with E-state index in [2.05, 4.69) is 11.4 Å². The summed E-state index contributed by atoms with van der Waals surface area (Å²) in [5.74, 6) is 0.268. The molecule has 0 bridgehead atoms. The normalized spacial score (nSPS) is 11.4. The van der Waals surface area contributed by atoms with Gasteiger partial charge in [0.05, 0.1) is 5.02 Å². The van der Waals surface area contributed by atoms with Crippen LogP contribution in [0.4, 0.5) is 5.69 Å². The van der Waals surface area contributed by atoms with Crippen LogP contribution in [0.25, 0.3) is 43.4 Å². The van der Waals surface area contributed by atoms with Crippen molar-refractivity contribution in [3.63, 3.8) is 0 Å². The summed E-state index contributed by atoms with van der Waals surface area (Å²) in [6.07, 6.45) is 0. The number of benzene rings is 4. The van der Waals surface area contributed by atoms with Gasteiger partial charge < -0.3 is 9.73 Å². The zero-order valence-corrected chi connectivity index (χ0v) is 18.2. The summed E-state index contributed by atoms with van der Waals surface area (Å²) in [5.41, 5.74) is 2.98. The van der Waals surface area contributed by atoms with Gasteiger partial charge in [-0.15, -0.1) is 11.3 Å². The topological polar surface area (TPSA) is 55.1 Å². The van der Waals surface area contributed by atoms with Gasteiger partial charge in [0.1, 0.15) is 10.4 Å². The molecule has 0 aliphatic heterocycles. The number of rotatable bonds is 3. The molecule has 1 N–H and O–H groups in total. The van der Waals surface area contributed by atoms with Crippen molar-refractivity contribution < 1.29 is 9.21 Å². The van der Waals surface area contributed by atoms with E-state index in [0.717, 1.165) is 37.5 Å². The Morgan fingerprint density at radius 2 is 1.72 bits per heavy atom. The summed E-state index contributed by atoms with van der Waals surface area (Å²) in [6.45, 7) is 0. The largest absolute Gasteiger partial charge is 0.436 e. The fourth-order valence-corrected chi connectivity index (χ4v) is 5.27. The van der Waals surface area contributed by atoms with E-state index in [1.807, 2.05) is 78.9 Å². The summed E-state index contributed by atoms with van der Waals surface area (Å²) >= 11 is 7.84. The first kappa shape index (κ1) is 19.0. The van der Waals surface area contributed by atoms with Crippen LogP contribution in [0.5, 0.6) is 0 Å². The lowest BCUT2D eigenvalue weighted by atomic mass is 10.1. The lowest BCUT2D eigenvalue weighted by Gasteiger charge is -2.05. The average Bonchev–Trinajstić information content (AvgIpc) is 3.41. The van der Waals surface area contributed by atoms with Crippen molar-refractivity contribution in [2.75, 3.05) is 5.32 Å². The molecule has 0 saturated heterocycles. The molecule has 0 aliphatic rings. The Hall–Kier alpha value is -3.67. The van der Waals surface area contributed by atoms with E-state index in [-0.39, 0.29) is 5.91 Å². The summed E-state index contributed by atoms with van der Waals surface area (Å²) in [5, 5.41) is 6.47. The van der Waals surface area contributed by atoms with E-state index in [9.17, 15) is 4.79 Å². The maximum atomic E-state index is 12.9. The number of carbonyl (C=O) groups is 1. The van der Waals surface area contributed by atoms with Crippen molar-refractivity contribution in [3.8, 4) is 11.5 Å². The van der Waals surface area contributed by atoms with E-state index in [1.54, 1.807) is 0 Å². The van der Waals surface area contributed by atoms with Crippen LogP contribution in [-0.4, -0.2) is 10.9 Å². The number of anilines is 1. The monoisotopic (exact) mass is 454 g/mol. The molecule has 4 aromatic carbocycles. The molecule has 154 valence electrons. The molecule has 2 aromatic heterocycles. The fourth-order valence-electron chi connectivity index (χ4n) is 3.86. The van der Waals surface area contributed by atoms with E-state index in [0.29, 0.717) is 21.5 Å². The summed E-state index contributed by atoms with van der Waals surface area (Å²) in [6, 6.07) is 27.2. The molecule has 0 saturated carbocycles. The van der Waals surface area contributed by atoms with E-state index < -0.39 is 0 Å². The first-order chi connectivity index (χ1) is 15.7. The third-order valence-corrected chi connectivity index (χ3v) is 7.07. The number of nitrogens with zero attached hydrogens (tertiary/aromatic N) is 1. The second kappa shape index (κ2) is 7.48. The average molecular weight is 455 g/mol. The van der Waals surface area contributed by atoms with E-state index >= 15 is 0 Å². The number of thiophene rings is 1. The summed E-state index contributed by atoms with van der Waals surface area (Å²) < 4.78 is 7.00. The van der Waals surface area contributed by atoms with Gasteiger partial charge in [0.2, 0.25) is 5.89 Å². The second-order valence-electron chi connectivity index (χ2n) is 7.43. The number of aromatic nitrogens is 1. The van der Waals surface area contributed by atoms with Gasteiger partial charge in [-0.2, -0.15) is 0 Å². The standard InChI is InChI=1S/C26H15ClN2O2S/c27-22-19-10-3-4-11-21(19)32-24(22)25(30)28-17-8-5-7-16(14-17)26-29-23-18-9-2-1-6-15(18)12-13-20(23)31-26/h1-14H,(H,28,30). The number of oxazole rings is 1. The highest BCUT2D eigenvalue weighted by atomic mass is 35.5. The zero-order valence-electron chi connectivity index (χ0n) is 16.6. The third-order valence-electron chi connectivity index (χ3n) is 5.39. The Labute approximate surface area is 192 Å². The van der Waals surface area contributed by atoms with E-state index in [1.165, 1.54) is 11.3 Å². The van der Waals surface area contributed by atoms with Crippen LogP contribution in [0.3, 0.4) is 0 Å². The highest BCUT2D eigenvalue weighted by Crippen LogP contribution is 2.36. The highest BCUT2D eigenvalue weighted by molar-refractivity contribution is 7.21. The molecule has 6 aromatic rings. The summed E-state index contributed by atoms with van der Waals surface area (Å²) in [7, 11) is 0. The molecule has 6 heteroatoms. The van der Waals surface area contributed by atoms with Crippen molar-refractivity contribution in [1.29, 1.82) is 0 Å². The maximum Gasteiger partial charge on any atom is 0.267 e. The highest BCUT2D eigenvalue weighted by Gasteiger charge is 2.18. The molecule has 2 heterocycles. The van der Waals surface area contributed by atoms with E-state index in [4.69, 9.17) is 21.0 Å². The van der Waals surface area contributed by atoms with Crippen LogP contribution in [0, 0.1) is 0 Å². The third kappa shape index (κ3) is 3.14. The molecule has 0 unspecified atom stereocenters. The molecule has 4 nitrogen and oxygen atoms in total. The number of hydrogen-bond acceptors (Lipinski definition) is 4. The molecule has 32 heavy (non-hydrogen) atoms. The van der Waals surface area contributed by atoms with Crippen molar-refractivity contribution in [1.82, 2.24) is 4.98 Å². The number of halogens is 1. The van der Waals surface area contributed by atoms with Crippen LogP contribution in [-0.2, 0) is 0 Å². The number of amides is 1. The van der Waals surface area contributed by atoms with Crippen molar-refractivity contribution in [2.24, 2.45) is 0 Å². The van der Waals surface area contributed by atoms with Gasteiger partial charge >= 0.3 is 0 Å². The minimum Gasteiger partial charge on any atom is -0.436 e. The Balaban J connectivity index is 1.35. The van der Waals surface area contributed by atoms with Crippen LogP contribution >= 0.6 is 22.9 Å². The van der Waals surface area contributed by atoms with Crippen LogP contribution < -0.4 is 5.32 Å². The predicted octanol–water partition coefficient (Wildman–Crippen LogP) is 7.77. The zero-order chi connectivity index (χ0) is 21.7. The van der Waals surface area contributed by atoms with Crippen molar-refractivity contribution >= 4 is 66.5 Å². The lowest BCUT2D eigenvalue weighted by molar-refractivity contribution is 0.103. The summed E-state index contributed by atoms with van der Waals surface area (Å²) in [4.78, 5) is 18.1. The van der Waals surface area contributed by atoms with Gasteiger partial charge in [-0.25, -0.2) is 4.98 Å². The Kier molecular flexibility index (Phi) is 4.45. The number of fused-ring (bicyclic) bond motifs is 4.